The fourth-order valence-corrected chi connectivity index (χ4v) is 3.49. The predicted molar refractivity (Wildman–Crippen MR) is 71.8 cm³/mol. The summed E-state index contributed by atoms with van der Waals surface area (Å²) in [6.45, 7) is 7.35. The van der Waals surface area contributed by atoms with Gasteiger partial charge in [0, 0.05) is 25.2 Å². The molecule has 0 aromatic carbocycles. The lowest BCUT2D eigenvalue weighted by atomic mass is 9.85. The largest absolute Gasteiger partial charge is 0.327 e. The van der Waals surface area contributed by atoms with Gasteiger partial charge in [0.25, 0.3) is 0 Å². The van der Waals surface area contributed by atoms with Gasteiger partial charge in [0.1, 0.15) is 0 Å². The van der Waals surface area contributed by atoms with Crippen molar-refractivity contribution >= 4 is 0 Å². The Bertz CT molecular complexity index is 279. The molecule has 0 bridgehead atoms. The predicted octanol–water partition coefficient (Wildman–Crippen LogP) is 2.62. The molecule has 2 N–H and O–H groups in total. The van der Waals surface area contributed by atoms with E-state index in [-0.39, 0.29) is 0 Å². The first-order valence-electron chi connectivity index (χ1n) is 7.56. The Morgan fingerprint density at radius 3 is 2.24 bits per heavy atom. The normalized spacial score (nSPS) is 36.7. The number of hydrogen-bond donors (Lipinski definition) is 1. The summed E-state index contributed by atoms with van der Waals surface area (Å²) in [5, 5.41) is 0. The molecule has 17 heavy (non-hydrogen) atoms. The Labute approximate surface area is 106 Å². The second-order valence-corrected chi connectivity index (χ2v) is 7.44. The van der Waals surface area contributed by atoms with Crippen LogP contribution in [0.15, 0.2) is 0 Å². The average Bonchev–Trinajstić information content (AvgIpc) is 3.14. The molecule has 3 fully saturated rings. The maximum atomic E-state index is 6.45. The van der Waals surface area contributed by atoms with Gasteiger partial charge < -0.3 is 5.73 Å². The molecule has 3 aliphatic rings. The molecular weight excluding hydrogens is 208 g/mol. The van der Waals surface area contributed by atoms with Gasteiger partial charge in [-0.1, -0.05) is 13.8 Å². The molecule has 2 nitrogen and oxygen atoms in total. The lowest BCUT2D eigenvalue weighted by Crippen LogP contribution is -2.43. The zero-order chi connectivity index (χ0) is 12.0. The summed E-state index contributed by atoms with van der Waals surface area (Å²) in [6.07, 6.45) is 8.51. The van der Waals surface area contributed by atoms with Crippen molar-refractivity contribution in [2.24, 2.45) is 23.0 Å². The zero-order valence-corrected chi connectivity index (χ0v) is 11.5. The number of nitrogens with two attached hydrogens (primary N) is 1. The molecule has 0 amide bonds. The molecule has 2 unspecified atom stereocenters. The van der Waals surface area contributed by atoms with E-state index in [9.17, 15) is 0 Å². The summed E-state index contributed by atoms with van der Waals surface area (Å²) < 4.78 is 0. The standard InChI is InChI=1S/C15H28N2/c1-15(2)8-7-12(14(15)16)10-17(13-5-6-13)9-11-3-4-11/h11-14H,3-10,16H2,1-2H3. The minimum absolute atomic E-state index is 0.374. The zero-order valence-electron chi connectivity index (χ0n) is 11.5. The van der Waals surface area contributed by atoms with Gasteiger partial charge in [-0.15, -0.1) is 0 Å². The van der Waals surface area contributed by atoms with Crippen LogP contribution in [0.3, 0.4) is 0 Å². The van der Waals surface area contributed by atoms with Crippen LogP contribution in [0.4, 0.5) is 0 Å². The SMILES string of the molecule is CC1(C)CCC(CN(CC2CC2)C2CC2)C1N. The lowest BCUT2D eigenvalue weighted by Gasteiger charge is -2.31. The van der Waals surface area contributed by atoms with Crippen LogP contribution in [0.1, 0.15) is 52.4 Å². The second kappa shape index (κ2) is 4.24. The maximum Gasteiger partial charge on any atom is 0.0131 e. The molecule has 0 spiro atoms. The van der Waals surface area contributed by atoms with Gasteiger partial charge in [-0.3, -0.25) is 4.90 Å². The van der Waals surface area contributed by atoms with Gasteiger partial charge in [-0.25, -0.2) is 0 Å². The molecule has 3 rings (SSSR count). The maximum absolute atomic E-state index is 6.45. The third-order valence-electron chi connectivity index (χ3n) is 5.29. The quantitative estimate of drug-likeness (QED) is 0.795. The van der Waals surface area contributed by atoms with Gasteiger partial charge in [-0.05, 0) is 55.8 Å². The molecular formula is C15H28N2. The Balaban J connectivity index is 1.56. The summed E-state index contributed by atoms with van der Waals surface area (Å²) in [4.78, 5) is 2.78. The van der Waals surface area contributed by atoms with Crippen molar-refractivity contribution < 1.29 is 0 Å². The first kappa shape index (κ1) is 12.0. The first-order chi connectivity index (χ1) is 8.06. The van der Waals surface area contributed by atoms with Crippen LogP contribution in [0.5, 0.6) is 0 Å². The van der Waals surface area contributed by atoms with E-state index in [1.165, 1.54) is 51.6 Å². The molecule has 0 aromatic heterocycles. The van der Waals surface area contributed by atoms with Gasteiger partial charge in [0.2, 0.25) is 0 Å². The molecule has 98 valence electrons. The van der Waals surface area contributed by atoms with E-state index in [0.29, 0.717) is 11.5 Å². The molecule has 0 aliphatic heterocycles. The van der Waals surface area contributed by atoms with E-state index in [0.717, 1.165) is 17.9 Å². The highest BCUT2D eigenvalue weighted by Crippen LogP contribution is 2.42. The summed E-state index contributed by atoms with van der Waals surface area (Å²) in [5.41, 5.74) is 6.82. The summed E-state index contributed by atoms with van der Waals surface area (Å²) in [6, 6.07) is 1.34. The van der Waals surface area contributed by atoms with Gasteiger partial charge in [0.05, 0.1) is 0 Å². The van der Waals surface area contributed by atoms with Crippen LogP contribution in [0, 0.1) is 17.3 Å². The molecule has 0 radical (unpaired) electrons. The summed E-state index contributed by atoms with van der Waals surface area (Å²) >= 11 is 0. The number of hydrogen-bond acceptors (Lipinski definition) is 2. The van der Waals surface area contributed by atoms with E-state index in [2.05, 4.69) is 18.7 Å². The van der Waals surface area contributed by atoms with Crippen molar-refractivity contribution in [1.29, 1.82) is 0 Å². The Kier molecular flexibility index (Phi) is 2.99. The van der Waals surface area contributed by atoms with Gasteiger partial charge in [-0.2, -0.15) is 0 Å². The molecule has 0 heterocycles. The van der Waals surface area contributed by atoms with Crippen LogP contribution in [-0.2, 0) is 0 Å². The fraction of sp³-hybridized carbons (Fsp3) is 1.00. The average molecular weight is 236 g/mol. The Hall–Kier alpha value is -0.0800. The van der Waals surface area contributed by atoms with Crippen molar-refractivity contribution in [3.63, 3.8) is 0 Å². The molecule has 0 aromatic rings. The number of rotatable bonds is 5. The Morgan fingerprint density at radius 2 is 1.76 bits per heavy atom. The van der Waals surface area contributed by atoms with Crippen LogP contribution in [0.25, 0.3) is 0 Å². The third kappa shape index (κ3) is 2.68. The minimum atomic E-state index is 0.374. The molecule has 3 aliphatic carbocycles. The van der Waals surface area contributed by atoms with Crippen molar-refractivity contribution in [2.45, 2.75) is 64.5 Å². The van der Waals surface area contributed by atoms with E-state index in [1.54, 1.807) is 0 Å². The van der Waals surface area contributed by atoms with Crippen LogP contribution < -0.4 is 5.73 Å². The van der Waals surface area contributed by atoms with Crippen molar-refractivity contribution in [2.75, 3.05) is 13.1 Å². The highest BCUT2D eigenvalue weighted by Gasteiger charge is 2.42. The molecule has 3 saturated carbocycles. The van der Waals surface area contributed by atoms with Gasteiger partial charge in [0.15, 0.2) is 0 Å². The highest BCUT2D eigenvalue weighted by molar-refractivity contribution is 4.97. The molecule has 2 atom stereocenters. The van der Waals surface area contributed by atoms with Crippen molar-refractivity contribution in [3.05, 3.63) is 0 Å². The molecule has 0 saturated heterocycles. The number of nitrogens with zero attached hydrogens (tertiary/aromatic N) is 1. The topological polar surface area (TPSA) is 29.3 Å². The van der Waals surface area contributed by atoms with Crippen LogP contribution in [0.2, 0.25) is 0 Å². The van der Waals surface area contributed by atoms with E-state index in [1.807, 2.05) is 0 Å². The molecule has 2 heteroatoms. The highest BCUT2D eigenvalue weighted by atomic mass is 15.2. The lowest BCUT2D eigenvalue weighted by molar-refractivity contribution is 0.190. The van der Waals surface area contributed by atoms with Gasteiger partial charge >= 0.3 is 0 Å². The van der Waals surface area contributed by atoms with Crippen LogP contribution in [-0.4, -0.2) is 30.1 Å². The smallest absolute Gasteiger partial charge is 0.0131 e. The summed E-state index contributed by atoms with van der Waals surface area (Å²) in [5.74, 6) is 1.78. The van der Waals surface area contributed by atoms with E-state index < -0.39 is 0 Å². The monoisotopic (exact) mass is 236 g/mol. The van der Waals surface area contributed by atoms with E-state index in [4.69, 9.17) is 5.73 Å². The minimum Gasteiger partial charge on any atom is -0.327 e. The second-order valence-electron chi connectivity index (χ2n) is 7.44. The Morgan fingerprint density at radius 1 is 1.06 bits per heavy atom. The van der Waals surface area contributed by atoms with E-state index >= 15 is 0 Å². The third-order valence-corrected chi connectivity index (χ3v) is 5.29. The van der Waals surface area contributed by atoms with Crippen molar-refractivity contribution in [3.8, 4) is 0 Å². The summed E-state index contributed by atoms with van der Waals surface area (Å²) in [7, 11) is 0. The fourth-order valence-electron chi connectivity index (χ4n) is 3.49. The van der Waals surface area contributed by atoms with Crippen LogP contribution >= 0.6 is 0 Å². The first-order valence-corrected chi connectivity index (χ1v) is 7.56. The van der Waals surface area contributed by atoms with Crippen molar-refractivity contribution in [1.82, 2.24) is 4.90 Å².